The first kappa shape index (κ1) is 16.6. The molecule has 0 radical (unpaired) electrons. The second-order valence-electron chi connectivity index (χ2n) is 5.33. The molecular weight excluding hydrogens is 299 g/mol. The van der Waals surface area contributed by atoms with E-state index in [1.807, 2.05) is 0 Å². The predicted molar refractivity (Wildman–Crippen MR) is 73.3 cm³/mol. The van der Waals surface area contributed by atoms with E-state index >= 15 is 0 Å². The van der Waals surface area contributed by atoms with Crippen LogP contribution in [0.1, 0.15) is 24.8 Å². The Hall–Kier alpha value is -1.76. The topological polar surface area (TPSA) is 49.8 Å². The highest BCUT2D eigenvalue weighted by Crippen LogP contribution is 2.23. The van der Waals surface area contributed by atoms with Gasteiger partial charge in [-0.2, -0.15) is 0 Å². The van der Waals surface area contributed by atoms with Gasteiger partial charge in [0.05, 0.1) is 6.10 Å². The van der Waals surface area contributed by atoms with Crippen LogP contribution >= 0.6 is 0 Å². The van der Waals surface area contributed by atoms with Gasteiger partial charge in [-0.15, -0.1) is 13.2 Å². The highest BCUT2D eigenvalue weighted by molar-refractivity contribution is 5.76. The minimum Gasteiger partial charge on any atom is -0.406 e. The molecule has 1 aromatic carbocycles. The van der Waals surface area contributed by atoms with E-state index in [0.717, 1.165) is 12.0 Å². The van der Waals surface area contributed by atoms with Crippen LogP contribution in [0.25, 0.3) is 0 Å². The Morgan fingerprint density at radius 2 is 2.00 bits per heavy atom. The minimum atomic E-state index is -4.70. The van der Waals surface area contributed by atoms with Gasteiger partial charge >= 0.3 is 6.36 Å². The van der Waals surface area contributed by atoms with Crippen molar-refractivity contribution in [3.05, 3.63) is 29.8 Å². The van der Waals surface area contributed by atoms with Crippen LogP contribution in [0.4, 0.5) is 13.2 Å². The summed E-state index contributed by atoms with van der Waals surface area (Å²) in [6.07, 6.45) is -2.95. The molecular formula is C15H18F3NO3. The maximum absolute atomic E-state index is 12.0. The molecule has 1 atom stereocenters. The van der Waals surface area contributed by atoms with Gasteiger partial charge in [-0.1, -0.05) is 12.1 Å². The first-order chi connectivity index (χ1) is 10.3. The maximum atomic E-state index is 12.0. The molecule has 1 fully saturated rings. The van der Waals surface area contributed by atoms with Gasteiger partial charge in [0, 0.05) is 19.5 Å². The summed E-state index contributed by atoms with van der Waals surface area (Å²) in [5.74, 6) is -0.323. The van der Waals surface area contributed by atoms with E-state index in [9.17, 15) is 23.1 Å². The Morgan fingerprint density at radius 3 is 2.59 bits per heavy atom. The highest BCUT2D eigenvalue weighted by atomic mass is 19.4. The first-order valence-electron chi connectivity index (χ1n) is 7.14. The highest BCUT2D eigenvalue weighted by Gasteiger charge is 2.31. The molecule has 0 bridgehead atoms. The van der Waals surface area contributed by atoms with Crippen molar-refractivity contribution >= 4 is 5.91 Å². The van der Waals surface area contributed by atoms with E-state index in [1.54, 1.807) is 4.90 Å². The molecule has 2 rings (SSSR count). The SMILES string of the molecule is O=C(CCc1ccc(OC(F)(F)F)cc1)N1CCCC(O)C1. The monoisotopic (exact) mass is 317 g/mol. The number of likely N-dealkylation sites (tertiary alicyclic amines) is 1. The number of aliphatic hydroxyl groups excluding tert-OH is 1. The summed E-state index contributed by atoms with van der Waals surface area (Å²) in [4.78, 5) is 13.6. The molecule has 7 heteroatoms. The molecule has 1 N–H and O–H groups in total. The zero-order valence-electron chi connectivity index (χ0n) is 12.0. The summed E-state index contributed by atoms with van der Waals surface area (Å²) in [5.41, 5.74) is 0.764. The van der Waals surface area contributed by atoms with Crippen LogP contribution in [-0.2, 0) is 11.2 Å². The standard InChI is InChI=1S/C15H18F3NO3/c16-15(17,18)22-13-6-3-11(4-7-13)5-8-14(21)19-9-1-2-12(20)10-19/h3-4,6-7,12,20H,1-2,5,8-10H2. The number of carbonyl (C=O) groups excluding carboxylic acids is 1. The van der Waals surface area contributed by atoms with E-state index in [0.29, 0.717) is 25.9 Å². The van der Waals surface area contributed by atoms with Crippen LogP contribution in [0.5, 0.6) is 5.75 Å². The summed E-state index contributed by atoms with van der Waals surface area (Å²) < 4.78 is 39.9. The molecule has 0 aromatic heterocycles. The lowest BCUT2D eigenvalue weighted by molar-refractivity contribution is -0.274. The van der Waals surface area contributed by atoms with Gasteiger partial charge in [0.2, 0.25) is 5.91 Å². The summed E-state index contributed by atoms with van der Waals surface area (Å²) in [6, 6.07) is 5.49. The number of benzene rings is 1. The Morgan fingerprint density at radius 1 is 1.32 bits per heavy atom. The summed E-state index contributed by atoms with van der Waals surface area (Å²) in [5, 5.41) is 9.54. The van der Waals surface area contributed by atoms with Gasteiger partial charge in [-0.05, 0) is 37.0 Å². The van der Waals surface area contributed by atoms with Crippen molar-refractivity contribution in [1.82, 2.24) is 4.90 Å². The van der Waals surface area contributed by atoms with E-state index in [1.165, 1.54) is 24.3 Å². The number of alkyl halides is 3. The normalized spacial score (nSPS) is 19.1. The molecule has 0 aliphatic carbocycles. The molecule has 4 nitrogen and oxygen atoms in total. The zero-order valence-corrected chi connectivity index (χ0v) is 12.0. The van der Waals surface area contributed by atoms with Gasteiger partial charge in [0.25, 0.3) is 0 Å². The van der Waals surface area contributed by atoms with Crippen molar-refractivity contribution in [3.8, 4) is 5.75 Å². The smallest absolute Gasteiger partial charge is 0.406 e. The van der Waals surface area contributed by atoms with Crippen LogP contribution in [0.15, 0.2) is 24.3 Å². The van der Waals surface area contributed by atoms with Gasteiger partial charge in [-0.3, -0.25) is 4.79 Å². The number of ether oxygens (including phenoxy) is 1. The van der Waals surface area contributed by atoms with E-state index in [2.05, 4.69) is 4.74 Å². The quantitative estimate of drug-likeness (QED) is 0.928. The van der Waals surface area contributed by atoms with Gasteiger partial charge in [0.15, 0.2) is 0 Å². The van der Waals surface area contributed by atoms with Crippen molar-refractivity contribution < 1.29 is 27.8 Å². The molecule has 1 aliphatic rings. The van der Waals surface area contributed by atoms with Crippen molar-refractivity contribution in [2.24, 2.45) is 0 Å². The molecule has 1 amide bonds. The van der Waals surface area contributed by atoms with Gasteiger partial charge in [-0.25, -0.2) is 0 Å². The second kappa shape index (κ2) is 7.00. The number of amides is 1. The van der Waals surface area contributed by atoms with Crippen molar-refractivity contribution in [1.29, 1.82) is 0 Å². The molecule has 0 spiro atoms. The summed E-state index contributed by atoms with van der Waals surface area (Å²) >= 11 is 0. The Labute approximate surface area is 126 Å². The van der Waals surface area contributed by atoms with Crippen LogP contribution < -0.4 is 4.74 Å². The third-order valence-electron chi connectivity index (χ3n) is 3.53. The summed E-state index contributed by atoms with van der Waals surface area (Å²) in [6.45, 7) is 1.01. The third-order valence-corrected chi connectivity index (χ3v) is 3.53. The molecule has 1 unspecified atom stereocenters. The van der Waals surface area contributed by atoms with E-state index in [4.69, 9.17) is 0 Å². The maximum Gasteiger partial charge on any atom is 0.573 e. The molecule has 1 aromatic rings. The molecule has 0 saturated carbocycles. The number of hydrogen-bond acceptors (Lipinski definition) is 3. The molecule has 1 heterocycles. The number of hydrogen-bond donors (Lipinski definition) is 1. The predicted octanol–water partition coefficient (Wildman–Crippen LogP) is 2.50. The van der Waals surface area contributed by atoms with Crippen LogP contribution in [-0.4, -0.2) is 41.5 Å². The Balaban J connectivity index is 1.82. The second-order valence-corrected chi connectivity index (χ2v) is 5.33. The lowest BCUT2D eigenvalue weighted by Gasteiger charge is -2.30. The number of carbonyl (C=O) groups is 1. The van der Waals surface area contributed by atoms with Crippen LogP contribution in [0, 0.1) is 0 Å². The lowest BCUT2D eigenvalue weighted by atomic mass is 10.1. The van der Waals surface area contributed by atoms with Gasteiger partial charge < -0.3 is 14.7 Å². The number of rotatable bonds is 4. The molecule has 1 aliphatic heterocycles. The number of halogens is 3. The number of nitrogens with zero attached hydrogens (tertiary/aromatic N) is 1. The van der Waals surface area contributed by atoms with E-state index < -0.39 is 12.5 Å². The number of aryl methyl sites for hydroxylation is 1. The number of β-amino-alcohol motifs (C(OH)–C–C–N with tert-alkyl or cyclic N) is 1. The third kappa shape index (κ3) is 5.22. The molecule has 22 heavy (non-hydrogen) atoms. The molecule has 122 valence electrons. The summed E-state index contributed by atoms with van der Waals surface area (Å²) in [7, 11) is 0. The van der Waals surface area contributed by atoms with Gasteiger partial charge in [0.1, 0.15) is 5.75 Å². The fourth-order valence-corrected chi connectivity index (χ4v) is 2.45. The zero-order chi connectivity index (χ0) is 16.2. The lowest BCUT2D eigenvalue weighted by Crippen LogP contribution is -2.42. The Bertz CT molecular complexity index is 502. The van der Waals surface area contributed by atoms with E-state index in [-0.39, 0.29) is 18.1 Å². The van der Waals surface area contributed by atoms with Crippen LogP contribution in [0.3, 0.4) is 0 Å². The largest absolute Gasteiger partial charge is 0.573 e. The fourth-order valence-electron chi connectivity index (χ4n) is 2.45. The molecule has 1 saturated heterocycles. The average molecular weight is 317 g/mol. The fraction of sp³-hybridized carbons (Fsp3) is 0.533. The number of aliphatic hydroxyl groups is 1. The van der Waals surface area contributed by atoms with Crippen LogP contribution in [0.2, 0.25) is 0 Å². The average Bonchev–Trinajstić information content (AvgIpc) is 2.44. The number of piperidine rings is 1. The van der Waals surface area contributed by atoms with Crippen molar-refractivity contribution in [3.63, 3.8) is 0 Å². The van der Waals surface area contributed by atoms with Crippen molar-refractivity contribution in [2.45, 2.75) is 38.1 Å². The van der Waals surface area contributed by atoms with Crippen molar-refractivity contribution in [2.75, 3.05) is 13.1 Å². The first-order valence-corrected chi connectivity index (χ1v) is 7.14. The minimum absolute atomic E-state index is 0.0469. The Kier molecular flexibility index (Phi) is 5.28.